The smallest absolute Gasteiger partial charge is 0.351 e. The van der Waals surface area contributed by atoms with Crippen LogP contribution in [0.2, 0.25) is 0 Å². The van der Waals surface area contributed by atoms with Crippen LogP contribution in [0, 0.1) is 13.8 Å². The Morgan fingerprint density at radius 3 is 2.32 bits per heavy atom. The molecule has 0 aliphatic heterocycles. The lowest BCUT2D eigenvalue weighted by atomic mass is 10.1. The van der Waals surface area contributed by atoms with E-state index in [1.54, 1.807) is 32.0 Å². The van der Waals surface area contributed by atoms with Gasteiger partial charge >= 0.3 is 6.18 Å². The highest BCUT2D eigenvalue weighted by Gasteiger charge is 2.30. The zero-order valence-electron chi connectivity index (χ0n) is 17.4. The lowest BCUT2D eigenvalue weighted by Crippen LogP contribution is -2.46. The molecule has 2 rings (SSSR count). The van der Waals surface area contributed by atoms with Crippen LogP contribution < -0.4 is 10.0 Å². The maximum Gasteiger partial charge on any atom is 0.416 e. The molecule has 0 aliphatic carbocycles. The number of aryl methyl sites for hydroxylation is 2. The molecule has 0 saturated carbocycles. The van der Waals surface area contributed by atoms with Crippen LogP contribution in [-0.4, -0.2) is 32.4 Å². The molecule has 0 aromatic heterocycles. The quantitative estimate of drug-likeness (QED) is 0.575. The third-order valence-corrected chi connectivity index (χ3v) is 6.86. The van der Waals surface area contributed by atoms with Crippen LogP contribution in [0.4, 0.5) is 13.2 Å². The Morgan fingerprint density at radius 2 is 1.74 bits per heavy atom. The Kier molecular flexibility index (Phi) is 8.56. The van der Waals surface area contributed by atoms with E-state index in [0.29, 0.717) is 16.9 Å². The predicted octanol–water partition coefficient (Wildman–Crippen LogP) is 4.04. The normalized spacial score (nSPS) is 13.1. The fourth-order valence-corrected chi connectivity index (χ4v) is 4.88. The highest BCUT2D eigenvalue weighted by atomic mass is 32.2. The number of carbonyl (C=O) groups excluding carboxylic acids is 1. The zero-order chi connectivity index (χ0) is 23.2. The molecule has 2 aromatic carbocycles. The van der Waals surface area contributed by atoms with E-state index < -0.39 is 33.7 Å². The second-order valence-electron chi connectivity index (χ2n) is 7.14. The van der Waals surface area contributed by atoms with Gasteiger partial charge in [0.1, 0.15) is 6.04 Å². The average molecular weight is 475 g/mol. The number of thioether (sulfide) groups is 1. The minimum atomic E-state index is -4.43. The second kappa shape index (κ2) is 10.5. The number of sulfonamides is 1. The van der Waals surface area contributed by atoms with Gasteiger partial charge in [-0.05, 0) is 67.2 Å². The lowest BCUT2D eigenvalue weighted by Gasteiger charge is -2.19. The monoisotopic (exact) mass is 474 g/mol. The zero-order valence-corrected chi connectivity index (χ0v) is 19.0. The number of alkyl halides is 3. The van der Waals surface area contributed by atoms with Crippen molar-refractivity contribution in [2.24, 2.45) is 0 Å². The molecule has 0 fully saturated rings. The number of nitrogens with one attached hydrogen (secondary N) is 2. The van der Waals surface area contributed by atoms with E-state index in [1.165, 1.54) is 23.9 Å². The highest BCUT2D eigenvalue weighted by molar-refractivity contribution is 7.98. The summed E-state index contributed by atoms with van der Waals surface area (Å²) in [6, 6.07) is 8.48. The maximum absolute atomic E-state index is 12.9. The highest BCUT2D eigenvalue weighted by Crippen LogP contribution is 2.29. The van der Waals surface area contributed by atoms with E-state index in [0.717, 1.165) is 17.7 Å². The van der Waals surface area contributed by atoms with Gasteiger partial charge in [-0.2, -0.15) is 29.7 Å². The minimum absolute atomic E-state index is 0.0159. The molecule has 0 bridgehead atoms. The van der Waals surface area contributed by atoms with E-state index in [-0.39, 0.29) is 17.9 Å². The first-order valence-corrected chi connectivity index (χ1v) is 12.3. The van der Waals surface area contributed by atoms with Crippen molar-refractivity contribution in [2.75, 3.05) is 12.0 Å². The maximum atomic E-state index is 12.9. The van der Waals surface area contributed by atoms with Crippen molar-refractivity contribution < 1.29 is 26.4 Å². The van der Waals surface area contributed by atoms with Gasteiger partial charge in [-0.3, -0.25) is 4.79 Å². The van der Waals surface area contributed by atoms with Crippen molar-refractivity contribution >= 4 is 27.7 Å². The third kappa shape index (κ3) is 7.26. The summed E-state index contributed by atoms with van der Waals surface area (Å²) < 4.78 is 66.3. The topological polar surface area (TPSA) is 75.3 Å². The molecule has 0 spiro atoms. The van der Waals surface area contributed by atoms with Gasteiger partial charge in [0, 0.05) is 6.54 Å². The molecule has 31 heavy (non-hydrogen) atoms. The first-order valence-electron chi connectivity index (χ1n) is 9.46. The Balaban J connectivity index is 2.12. The van der Waals surface area contributed by atoms with Crippen molar-refractivity contribution in [3.05, 3.63) is 64.7 Å². The summed E-state index contributed by atoms with van der Waals surface area (Å²) in [6.45, 7) is 3.44. The van der Waals surface area contributed by atoms with Crippen molar-refractivity contribution in [1.82, 2.24) is 10.0 Å². The van der Waals surface area contributed by atoms with Gasteiger partial charge < -0.3 is 5.32 Å². The molecule has 2 N–H and O–H groups in total. The van der Waals surface area contributed by atoms with Gasteiger partial charge in [0.15, 0.2) is 0 Å². The van der Waals surface area contributed by atoms with Crippen LogP contribution in [0.25, 0.3) is 0 Å². The second-order valence-corrected chi connectivity index (χ2v) is 9.80. The van der Waals surface area contributed by atoms with Crippen LogP contribution in [0.3, 0.4) is 0 Å². The van der Waals surface area contributed by atoms with Crippen LogP contribution in [0.1, 0.15) is 28.7 Å². The summed E-state index contributed by atoms with van der Waals surface area (Å²) >= 11 is 1.47. The van der Waals surface area contributed by atoms with Gasteiger partial charge in [0.2, 0.25) is 15.9 Å². The summed E-state index contributed by atoms with van der Waals surface area (Å²) in [7, 11) is -3.94. The summed E-state index contributed by atoms with van der Waals surface area (Å²) in [5.41, 5.74) is 1.04. The largest absolute Gasteiger partial charge is 0.416 e. The number of hydrogen-bond donors (Lipinski definition) is 2. The van der Waals surface area contributed by atoms with Gasteiger partial charge in [-0.25, -0.2) is 8.42 Å². The molecule has 0 radical (unpaired) electrons. The van der Waals surface area contributed by atoms with E-state index in [2.05, 4.69) is 10.0 Å². The first-order chi connectivity index (χ1) is 14.4. The van der Waals surface area contributed by atoms with Crippen LogP contribution in [0.5, 0.6) is 0 Å². The van der Waals surface area contributed by atoms with Crippen LogP contribution >= 0.6 is 11.8 Å². The minimum Gasteiger partial charge on any atom is -0.351 e. The molecule has 0 heterocycles. The summed E-state index contributed by atoms with van der Waals surface area (Å²) in [6.07, 6.45) is -2.32. The molecule has 10 heteroatoms. The SMILES string of the molecule is CSCCC(NS(=O)(=O)c1cc(C)ccc1C)C(=O)NCc1ccc(C(F)(F)F)cc1. The number of hydrogen-bond acceptors (Lipinski definition) is 4. The molecule has 0 aliphatic rings. The third-order valence-electron chi connectivity index (χ3n) is 4.61. The molecule has 0 saturated heterocycles. The van der Waals surface area contributed by atoms with E-state index >= 15 is 0 Å². The molecule has 170 valence electrons. The molecule has 1 unspecified atom stereocenters. The number of amides is 1. The number of carbonyl (C=O) groups is 1. The molecule has 5 nitrogen and oxygen atoms in total. The first kappa shape index (κ1) is 25.2. The fourth-order valence-electron chi connectivity index (χ4n) is 2.85. The van der Waals surface area contributed by atoms with Crippen molar-refractivity contribution in [3.63, 3.8) is 0 Å². The van der Waals surface area contributed by atoms with Crippen molar-refractivity contribution in [2.45, 2.75) is 43.9 Å². The Morgan fingerprint density at radius 1 is 1.10 bits per heavy atom. The van der Waals surface area contributed by atoms with Gasteiger partial charge in [-0.1, -0.05) is 24.3 Å². The molecular formula is C21H25F3N2O3S2. The predicted molar refractivity (Wildman–Crippen MR) is 116 cm³/mol. The standard InChI is InChI=1S/C21H25F3N2O3S2/c1-14-4-5-15(2)19(12-14)31(28,29)26-18(10-11-30-3)20(27)25-13-16-6-8-17(9-7-16)21(22,23)24/h4-9,12,18,26H,10-11,13H2,1-3H3,(H,25,27). The van der Waals surface area contributed by atoms with E-state index in [4.69, 9.17) is 0 Å². The number of rotatable bonds is 9. The molecule has 1 atom stereocenters. The van der Waals surface area contributed by atoms with Gasteiger partial charge in [0.05, 0.1) is 10.5 Å². The Bertz CT molecular complexity index is 1010. The van der Waals surface area contributed by atoms with Crippen LogP contribution in [-0.2, 0) is 27.5 Å². The number of benzene rings is 2. The lowest BCUT2D eigenvalue weighted by molar-refractivity contribution is -0.137. The molecule has 2 aromatic rings. The average Bonchev–Trinajstić information content (AvgIpc) is 2.70. The van der Waals surface area contributed by atoms with E-state index in [1.807, 2.05) is 6.26 Å². The Hall–Kier alpha value is -2.04. The van der Waals surface area contributed by atoms with Gasteiger partial charge in [-0.15, -0.1) is 0 Å². The van der Waals surface area contributed by atoms with E-state index in [9.17, 15) is 26.4 Å². The summed E-state index contributed by atoms with van der Waals surface area (Å²) in [5, 5.41) is 2.61. The fraction of sp³-hybridized carbons (Fsp3) is 0.381. The molecular weight excluding hydrogens is 449 g/mol. The summed E-state index contributed by atoms with van der Waals surface area (Å²) in [5.74, 6) is 0.0102. The summed E-state index contributed by atoms with van der Waals surface area (Å²) in [4.78, 5) is 12.8. The number of halogens is 3. The Labute approximate surface area is 184 Å². The van der Waals surface area contributed by atoms with Gasteiger partial charge in [0.25, 0.3) is 0 Å². The van der Waals surface area contributed by atoms with Crippen LogP contribution in [0.15, 0.2) is 47.4 Å². The molecule has 1 amide bonds. The van der Waals surface area contributed by atoms with Crippen molar-refractivity contribution in [1.29, 1.82) is 0 Å². The van der Waals surface area contributed by atoms with Crippen molar-refractivity contribution in [3.8, 4) is 0 Å².